The van der Waals surface area contributed by atoms with E-state index in [0.717, 1.165) is 0 Å². The van der Waals surface area contributed by atoms with Crippen LogP contribution in [0, 0.1) is 15.8 Å². The van der Waals surface area contributed by atoms with Crippen LogP contribution in [0.5, 0.6) is 0 Å². The van der Waals surface area contributed by atoms with Gasteiger partial charge in [-0.05, 0) is 24.3 Å². The molecule has 1 aliphatic rings. The lowest BCUT2D eigenvalue weighted by atomic mass is 10.1. The molecule has 6 nitrogen and oxygen atoms in total. The fourth-order valence-corrected chi connectivity index (χ4v) is 1.60. The highest BCUT2D eigenvalue weighted by atomic mass is 16.8. The Bertz CT molecular complexity index is 623. The molecule has 0 bridgehead atoms. The highest BCUT2D eigenvalue weighted by Crippen LogP contribution is 2.12. The number of hydrogen-bond donors (Lipinski definition) is 2. The van der Waals surface area contributed by atoms with Gasteiger partial charge in [0.25, 0.3) is 0 Å². The van der Waals surface area contributed by atoms with E-state index in [1.165, 1.54) is 24.3 Å². The van der Waals surface area contributed by atoms with Crippen LogP contribution < -0.4 is 5.36 Å². The zero-order valence-electron chi connectivity index (χ0n) is 9.98. The molecule has 2 N–H and O–H groups in total. The molecule has 0 saturated carbocycles. The number of nitrogens with one attached hydrogen (secondary N) is 1. The number of aliphatic hydroxyl groups excluding tert-OH is 1. The second-order valence-electron chi connectivity index (χ2n) is 4.01. The van der Waals surface area contributed by atoms with E-state index < -0.39 is 4.90 Å². The van der Waals surface area contributed by atoms with Crippen LogP contribution in [0.2, 0.25) is 0 Å². The van der Waals surface area contributed by atoms with Crippen molar-refractivity contribution in [1.29, 1.82) is 5.41 Å². The summed E-state index contributed by atoms with van der Waals surface area (Å²) in [5.41, 5.74) is 0.524. The van der Waals surface area contributed by atoms with Crippen molar-refractivity contribution in [1.82, 2.24) is 4.57 Å². The minimum Gasteiger partial charge on any atom is -0.612 e. The molecular formula is C13H12N3O3-. The van der Waals surface area contributed by atoms with Gasteiger partial charge in [-0.2, -0.15) is 4.90 Å². The summed E-state index contributed by atoms with van der Waals surface area (Å²) < 4.78 is 1.72. The van der Waals surface area contributed by atoms with Crippen LogP contribution in [0.15, 0.2) is 60.2 Å². The van der Waals surface area contributed by atoms with Crippen LogP contribution >= 0.6 is 0 Å². The Hall–Kier alpha value is -2.76. The molecule has 1 aromatic heterocycles. The lowest BCUT2D eigenvalue weighted by molar-refractivity contribution is -0.377. The quantitative estimate of drug-likeness (QED) is 0.476. The van der Waals surface area contributed by atoms with E-state index >= 15 is 0 Å². The van der Waals surface area contributed by atoms with Crippen LogP contribution in [-0.4, -0.2) is 20.3 Å². The van der Waals surface area contributed by atoms with Gasteiger partial charge in [-0.3, -0.25) is 0 Å². The first-order chi connectivity index (χ1) is 9.06. The fraction of sp³-hybridized carbons (Fsp3) is 0.0769. The molecule has 0 aliphatic heterocycles. The van der Waals surface area contributed by atoms with Gasteiger partial charge in [-0.15, -0.1) is 0 Å². The molecular weight excluding hydrogens is 246 g/mol. The Kier molecular flexibility index (Phi) is 3.51. The Morgan fingerprint density at radius 3 is 2.26 bits per heavy atom. The zero-order valence-corrected chi connectivity index (χ0v) is 9.98. The van der Waals surface area contributed by atoms with Crippen LogP contribution in [-0.2, 0) is 6.54 Å². The van der Waals surface area contributed by atoms with Crippen molar-refractivity contribution < 1.29 is 10.0 Å². The molecule has 0 atom stereocenters. The Morgan fingerprint density at radius 1 is 1.16 bits per heavy atom. The first-order valence-corrected chi connectivity index (χ1v) is 5.56. The lowest BCUT2D eigenvalue weighted by Gasteiger charge is -2.10. The fourth-order valence-electron chi connectivity index (χ4n) is 1.60. The van der Waals surface area contributed by atoms with Crippen LogP contribution in [0.1, 0.15) is 0 Å². The minimum atomic E-state index is -0.484. The van der Waals surface area contributed by atoms with Crippen LogP contribution in [0.4, 0.5) is 0 Å². The molecule has 1 aliphatic carbocycles. The number of aliphatic hydroxyl groups is 1. The van der Waals surface area contributed by atoms with Gasteiger partial charge in [-0.1, -0.05) is 0 Å². The third-order valence-electron chi connectivity index (χ3n) is 2.63. The van der Waals surface area contributed by atoms with Crippen molar-refractivity contribution in [3.05, 3.63) is 75.9 Å². The number of pyridine rings is 1. The molecule has 2 rings (SSSR count). The second kappa shape index (κ2) is 5.26. The van der Waals surface area contributed by atoms with Crippen molar-refractivity contribution in [2.75, 3.05) is 0 Å². The van der Waals surface area contributed by atoms with Crippen molar-refractivity contribution in [2.45, 2.75) is 6.54 Å². The summed E-state index contributed by atoms with van der Waals surface area (Å²) >= 11 is 0. The molecule has 1 aromatic rings. The molecule has 19 heavy (non-hydrogen) atoms. The SMILES string of the molecule is N=c1ccn(CC(O)=C2C=CC(=[N+]([O-])[O-])C=C2)cc1. The van der Waals surface area contributed by atoms with E-state index in [-0.39, 0.29) is 18.0 Å². The Morgan fingerprint density at radius 2 is 1.74 bits per heavy atom. The predicted molar refractivity (Wildman–Crippen MR) is 70.2 cm³/mol. The maximum absolute atomic E-state index is 10.5. The minimum absolute atomic E-state index is 0.0113. The summed E-state index contributed by atoms with van der Waals surface area (Å²) in [6.45, 7) is 0.248. The predicted octanol–water partition coefficient (Wildman–Crippen LogP) is 1.35. The zero-order chi connectivity index (χ0) is 13.8. The Balaban J connectivity index is 2.18. The monoisotopic (exact) mass is 258 g/mol. The smallest absolute Gasteiger partial charge is 0.222 e. The van der Waals surface area contributed by atoms with E-state index in [4.69, 9.17) is 5.41 Å². The highest BCUT2D eigenvalue weighted by molar-refractivity contribution is 6.02. The summed E-state index contributed by atoms with van der Waals surface area (Å²) in [4.78, 5) is -0.484. The Labute approximate surface area is 109 Å². The van der Waals surface area contributed by atoms with Crippen LogP contribution in [0.25, 0.3) is 0 Å². The average Bonchev–Trinajstić information content (AvgIpc) is 2.41. The van der Waals surface area contributed by atoms with E-state index in [1.807, 2.05) is 0 Å². The molecule has 0 spiro atoms. The largest absolute Gasteiger partial charge is 0.612 e. The number of allylic oxidation sites excluding steroid dienone is 6. The number of aromatic nitrogens is 1. The van der Waals surface area contributed by atoms with Crippen molar-refractivity contribution in [3.8, 4) is 0 Å². The summed E-state index contributed by atoms with van der Waals surface area (Å²) in [5.74, 6) is 0.109. The lowest BCUT2D eigenvalue weighted by Crippen LogP contribution is -2.09. The second-order valence-corrected chi connectivity index (χ2v) is 4.01. The number of nitrogens with zero attached hydrogens (tertiary/aromatic N) is 2. The molecule has 6 heteroatoms. The van der Waals surface area contributed by atoms with Crippen molar-refractivity contribution >= 4 is 5.71 Å². The maximum Gasteiger partial charge on any atom is 0.222 e. The van der Waals surface area contributed by atoms with Gasteiger partial charge in [-0.25, -0.2) is 0 Å². The molecule has 0 fully saturated rings. The van der Waals surface area contributed by atoms with E-state index in [1.54, 1.807) is 29.1 Å². The third kappa shape index (κ3) is 3.12. The summed E-state index contributed by atoms with van der Waals surface area (Å²) in [6, 6.07) is 3.23. The van der Waals surface area contributed by atoms with Gasteiger partial charge in [0.1, 0.15) is 5.76 Å². The molecule has 0 unspecified atom stereocenters. The molecule has 1 heterocycles. The first-order valence-electron chi connectivity index (χ1n) is 5.56. The van der Waals surface area contributed by atoms with Gasteiger partial charge in [0.2, 0.25) is 5.71 Å². The molecule has 0 aromatic carbocycles. The molecule has 0 saturated heterocycles. The summed E-state index contributed by atoms with van der Waals surface area (Å²) in [5, 5.41) is 38.7. The number of hydrogen-bond acceptors (Lipinski definition) is 4. The average molecular weight is 258 g/mol. The normalized spacial score (nSPS) is 13.7. The van der Waals surface area contributed by atoms with Gasteiger partial charge < -0.3 is 25.5 Å². The number of rotatable bonds is 2. The topological polar surface area (TPSA) is 98.1 Å². The van der Waals surface area contributed by atoms with Gasteiger partial charge >= 0.3 is 0 Å². The van der Waals surface area contributed by atoms with Crippen molar-refractivity contribution in [3.63, 3.8) is 0 Å². The van der Waals surface area contributed by atoms with Crippen LogP contribution in [0.3, 0.4) is 0 Å². The highest BCUT2D eigenvalue weighted by Gasteiger charge is 2.07. The van der Waals surface area contributed by atoms with Gasteiger partial charge in [0, 0.05) is 30.1 Å². The molecule has 98 valence electrons. The third-order valence-corrected chi connectivity index (χ3v) is 2.63. The standard InChI is InChI=1S/C13H12N3O3/c14-11-5-7-15(8-6-11)9-13(17)10-1-3-12(4-2-10)16(18)19/h1-8,14H,9H2,(H-,17,18,19)/q-1. The van der Waals surface area contributed by atoms with Gasteiger partial charge in [0.05, 0.1) is 11.9 Å². The van der Waals surface area contributed by atoms with Gasteiger partial charge in [0.15, 0.2) is 0 Å². The molecule has 0 radical (unpaired) electrons. The van der Waals surface area contributed by atoms with E-state index in [9.17, 15) is 15.5 Å². The van der Waals surface area contributed by atoms with Crippen molar-refractivity contribution in [2.24, 2.45) is 0 Å². The first kappa shape index (κ1) is 12.7. The maximum atomic E-state index is 10.5. The summed E-state index contributed by atoms with van der Waals surface area (Å²) in [7, 11) is 0. The molecule has 0 amide bonds. The summed E-state index contributed by atoms with van der Waals surface area (Å²) in [6.07, 6.45) is 9.08. The van der Waals surface area contributed by atoms with E-state index in [2.05, 4.69) is 0 Å². The van der Waals surface area contributed by atoms with E-state index in [0.29, 0.717) is 10.9 Å².